The van der Waals surface area contributed by atoms with Crippen LogP contribution in [0.3, 0.4) is 0 Å². The van der Waals surface area contributed by atoms with Crippen molar-refractivity contribution < 1.29 is 9.90 Å². The molecule has 2 N–H and O–H groups in total. The molecule has 0 aliphatic rings. The van der Waals surface area contributed by atoms with E-state index in [1.54, 1.807) is 12.3 Å². The number of aryl methyl sites for hydroxylation is 2. The van der Waals surface area contributed by atoms with Crippen LogP contribution in [0.25, 0.3) is 0 Å². The molecule has 0 unspecified atom stereocenters. The molecule has 0 saturated heterocycles. The zero-order valence-corrected chi connectivity index (χ0v) is 10.3. The molecule has 0 atom stereocenters. The van der Waals surface area contributed by atoms with Crippen molar-refractivity contribution in [3.05, 3.63) is 53.2 Å². The van der Waals surface area contributed by atoms with Crippen LogP contribution in [-0.2, 0) is 0 Å². The third-order valence-electron chi connectivity index (χ3n) is 2.68. The van der Waals surface area contributed by atoms with E-state index in [1.165, 1.54) is 6.07 Å². The molecule has 0 fully saturated rings. The normalized spacial score (nSPS) is 10.1. The van der Waals surface area contributed by atoms with Crippen molar-refractivity contribution in [1.82, 2.24) is 4.98 Å². The lowest BCUT2D eigenvalue weighted by Crippen LogP contribution is -2.05. The van der Waals surface area contributed by atoms with Gasteiger partial charge in [0.15, 0.2) is 0 Å². The molecule has 2 rings (SSSR count). The molecule has 0 radical (unpaired) electrons. The minimum Gasteiger partial charge on any atom is -0.478 e. The number of hydrogen-bond acceptors (Lipinski definition) is 3. The van der Waals surface area contributed by atoms with E-state index in [1.807, 2.05) is 32.0 Å². The molecule has 0 bridgehead atoms. The van der Waals surface area contributed by atoms with Gasteiger partial charge in [0, 0.05) is 11.9 Å². The van der Waals surface area contributed by atoms with Gasteiger partial charge in [-0.1, -0.05) is 12.1 Å². The van der Waals surface area contributed by atoms with Crippen molar-refractivity contribution in [2.24, 2.45) is 0 Å². The summed E-state index contributed by atoms with van der Waals surface area (Å²) in [6.07, 6.45) is 1.57. The van der Waals surface area contributed by atoms with Crippen molar-refractivity contribution in [3.8, 4) is 0 Å². The van der Waals surface area contributed by atoms with Crippen LogP contribution in [0.2, 0.25) is 0 Å². The van der Waals surface area contributed by atoms with Crippen molar-refractivity contribution in [1.29, 1.82) is 0 Å². The third kappa shape index (κ3) is 2.48. The first-order valence-electron chi connectivity index (χ1n) is 5.60. The predicted octanol–water partition coefficient (Wildman–Crippen LogP) is 3.14. The van der Waals surface area contributed by atoms with Crippen LogP contribution in [-0.4, -0.2) is 16.1 Å². The summed E-state index contributed by atoms with van der Waals surface area (Å²) in [5.74, 6) is -0.630. The number of nitrogens with one attached hydrogen (secondary N) is 1. The molecule has 92 valence electrons. The van der Waals surface area contributed by atoms with E-state index in [2.05, 4.69) is 10.3 Å². The maximum atomic E-state index is 11.1. The Morgan fingerprint density at radius 3 is 2.78 bits per heavy atom. The zero-order chi connectivity index (χ0) is 13.1. The van der Waals surface area contributed by atoms with Gasteiger partial charge in [-0.3, -0.25) is 0 Å². The summed E-state index contributed by atoms with van der Waals surface area (Å²) in [4.78, 5) is 15.2. The molecule has 4 heteroatoms. The lowest BCUT2D eigenvalue weighted by Gasteiger charge is -2.11. The molecule has 1 aromatic carbocycles. The van der Waals surface area contributed by atoms with Crippen molar-refractivity contribution in [2.45, 2.75) is 13.8 Å². The number of rotatable bonds is 3. The van der Waals surface area contributed by atoms with Gasteiger partial charge in [-0.15, -0.1) is 0 Å². The summed E-state index contributed by atoms with van der Waals surface area (Å²) in [6, 6.07) is 9.11. The Morgan fingerprint density at radius 1 is 1.28 bits per heavy atom. The van der Waals surface area contributed by atoms with Gasteiger partial charge in [0.25, 0.3) is 0 Å². The fourth-order valence-electron chi connectivity index (χ4n) is 1.68. The van der Waals surface area contributed by atoms with Gasteiger partial charge in [0.2, 0.25) is 0 Å². The number of carbonyl (C=O) groups is 1. The van der Waals surface area contributed by atoms with Crippen LogP contribution in [0, 0.1) is 13.8 Å². The Labute approximate surface area is 105 Å². The first-order valence-corrected chi connectivity index (χ1v) is 5.60. The fraction of sp³-hybridized carbons (Fsp3) is 0.143. The summed E-state index contributed by atoms with van der Waals surface area (Å²) in [5.41, 5.74) is 3.19. The van der Waals surface area contributed by atoms with E-state index in [0.717, 1.165) is 16.8 Å². The molecule has 0 spiro atoms. The second-order valence-corrected chi connectivity index (χ2v) is 4.15. The number of carboxylic acid groups (broad SMARTS) is 1. The smallest absolute Gasteiger partial charge is 0.339 e. The Hall–Kier alpha value is -2.36. The summed E-state index contributed by atoms with van der Waals surface area (Å²) in [6.45, 7) is 3.95. The molecular formula is C14H14N2O2. The highest BCUT2D eigenvalue weighted by atomic mass is 16.4. The molecular weight excluding hydrogens is 228 g/mol. The Balaban J connectivity index is 2.40. The predicted molar refractivity (Wildman–Crippen MR) is 70.4 cm³/mol. The quantitative estimate of drug-likeness (QED) is 0.868. The number of carboxylic acids is 1. The highest BCUT2D eigenvalue weighted by molar-refractivity contribution is 5.94. The highest BCUT2D eigenvalue weighted by Crippen LogP contribution is 2.22. The van der Waals surface area contributed by atoms with Crippen LogP contribution < -0.4 is 5.32 Å². The van der Waals surface area contributed by atoms with E-state index in [9.17, 15) is 4.79 Å². The third-order valence-corrected chi connectivity index (χ3v) is 2.68. The molecule has 1 aromatic heterocycles. The van der Waals surface area contributed by atoms with Gasteiger partial charge in [0.1, 0.15) is 11.4 Å². The van der Waals surface area contributed by atoms with E-state index >= 15 is 0 Å². The average molecular weight is 242 g/mol. The summed E-state index contributed by atoms with van der Waals surface area (Å²) in [7, 11) is 0. The monoisotopic (exact) mass is 242 g/mol. The van der Waals surface area contributed by atoms with Crippen LogP contribution in [0.1, 0.15) is 21.5 Å². The zero-order valence-electron chi connectivity index (χ0n) is 10.3. The number of aromatic carboxylic acids is 1. The van der Waals surface area contributed by atoms with Gasteiger partial charge in [-0.05, 0) is 43.2 Å². The van der Waals surface area contributed by atoms with Crippen LogP contribution in [0.5, 0.6) is 0 Å². The van der Waals surface area contributed by atoms with Gasteiger partial charge < -0.3 is 10.4 Å². The fourth-order valence-corrected chi connectivity index (χ4v) is 1.68. The molecule has 0 aliphatic heterocycles. The van der Waals surface area contributed by atoms with E-state index in [-0.39, 0.29) is 5.56 Å². The van der Waals surface area contributed by atoms with Crippen LogP contribution >= 0.6 is 0 Å². The highest BCUT2D eigenvalue weighted by Gasteiger charge is 2.11. The molecule has 2 aromatic rings. The first kappa shape index (κ1) is 12.1. The summed E-state index contributed by atoms with van der Waals surface area (Å²) >= 11 is 0. The molecule has 18 heavy (non-hydrogen) atoms. The number of anilines is 2. The SMILES string of the molecule is Cc1ccc(C)c(Nc2ncccc2C(=O)O)c1. The molecule has 4 nitrogen and oxygen atoms in total. The average Bonchev–Trinajstić information content (AvgIpc) is 2.34. The minimum absolute atomic E-state index is 0.165. The van der Waals surface area contributed by atoms with E-state index < -0.39 is 5.97 Å². The maximum Gasteiger partial charge on any atom is 0.339 e. The Kier molecular flexibility index (Phi) is 3.28. The molecule has 0 amide bonds. The van der Waals surface area contributed by atoms with Crippen LogP contribution in [0.15, 0.2) is 36.5 Å². The van der Waals surface area contributed by atoms with E-state index in [4.69, 9.17) is 5.11 Å². The second kappa shape index (κ2) is 4.87. The lowest BCUT2D eigenvalue weighted by atomic mass is 10.1. The number of pyridine rings is 1. The summed E-state index contributed by atoms with van der Waals surface area (Å²) in [5, 5.41) is 12.2. The topological polar surface area (TPSA) is 62.2 Å². The first-order chi connectivity index (χ1) is 8.58. The Morgan fingerprint density at radius 2 is 2.06 bits per heavy atom. The van der Waals surface area contributed by atoms with Crippen molar-refractivity contribution >= 4 is 17.5 Å². The molecule has 1 heterocycles. The maximum absolute atomic E-state index is 11.1. The minimum atomic E-state index is -0.990. The number of nitrogens with zero attached hydrogens (tertiary/aromatic N) is 1. The molecule has 0 saturated carbocycles. The number of hydrogen-bond donors (Lipinski definition) is 2. The van der Waals surface area contributed by atoms with E-state index in [0.29, 0.717) is 5.82 Å². The van der Waals surface area contributed by atoms with Crippen LogP contribution in [0.4, 0.5) is 11.5 Å². The van der Waals surface area contributed by atoms with Gasteiger partial charge >= 0.3 is 5.97 Å². The van der Waals surface area contributed by atoms with Crippen molar-refractivity contribution in [3.63, 3.8) is 0 Å². The standard InChI is InChI=1S/C14H14N2O2/c1-9-5-6-10(2)12(8-9)16-13-11(14(17)18)4-3-7-15-13/h3-8H,1-2H3,(H,15,16)(H,17,18). The largest absolute Gasteiger partial charge is 0.478 e. The van der Waals surface area contributed by atoms with Gasteiger partial charge in [-0.25, -0.2) is 9.78 Å². The van der Waals surface area contributed by atoms with Gasteiger partial charge in [-0.2, -0.15) is 0 Å². The second-order valence-electron chi connectivity index (χ2n) is 4.15. The molecule has 0 aliphatic carbocycles. The Bertz CT molecular complexity index is 594. The lowest BCUT2D eigenvalue weighted by molar-refractivity contribution is 0.0697. The number of aromatic nitrogens is 1. The van der Waals surface area contributed by atoms with Gasteiger partial charge in [0.05, 0.1) is 0 Å². The summed E-state index contributed by atoms with van der Waals surface area (Å²) < 4.78 is 0. The van der Waals surface area contributed by atoms with Crippen molar-refractivity contribution in [2.75, 3.05) is 5.32 Å². The number of benzene rings is 1.